The van der Waals surface area contributed by atoms with Gasteiger partial charge < -0.3 is 10.2 Å². The van der Waals surface area contributed by atoms with Gasteiger partial charge in [0.25, 0.3) is 0 Å². The van der Waals surface area contributed by atoms with Gasteiger partial charge in [-0.25, -0.2) is 4.98 Å². The van der Waals surface area contributed by atoms with E-state index in [1.807, 2.05) is 48.9 Å². The van der Waals surface area contributed by atoms with E-state index in [0.717, 1.165) is 42.0 Å². The number of hydrogen-bond donors (Lipinski definition) is 1. The van der Waals surface area contributed by atoms with Crippen LogP contribution in [0.25, 0.3) is 10.9 Å². The minimum absolute atomic E-state index is 0.789. The second-order valence-corrected chi connectivity index (χ2v) is 6.27. The smallest absolute Gasteiger partial charge is 0.128 e. The van der Waals surface area contributed by atoms with Crippen LogP contribution in [0.15, 0.2) is 85.5 Å². The molecule has 0 saturated heterocycles. The molecule has 0 amide bonds. The SMILES string of the molecule is c1ccc(CN(CCNc2ccnc3ccncc23)c2ccccn2)cc1. The number of anilines is 2. The summed E-state index contributed by atoms with van der Waals surface area (Å²) in [6, 6.07) is 20.4. The van der Waals surface area contributed by atoms with Gasteiger partial charge in [0.05, 0.1) is 5.52 Å². The van der Waals surface area contributed by atoms with Gasteiger partial charge in [0.2, 0.25) is 0 Å². The van der Waals surface area contributed by atoms with E-state index in [9.17, 15) is 0 Å². The molecule has 4 aromatic rings. The average Bonchev–Trinajstić information content (AvgIpc) is 2.74. The summed E-state index contributed by atoms with van der Waals surface area (Å²) in [5, 5.41) is 4.56. The maximum absolute atomic E-state index is 4.53. The fraction of sp³-hybridized carbons (Fsp3) is 0.136. The van der Waals surface area contributed by atoms with E-state index in [1.54, 1.807) is 6.20 Å². The first-order valence-electron chi connectivity index (χ1n) is 9.03. The van der Waals surface area contributed by atoms with Crippen molar-refractivity contribution >= 4 is 22.4 Å². The van der Waals surface area contributed by atoms with Crippen LogP contribution in [0.2, 0.25) is 0 Å². The number of rotatable bonds is 7. The Bertz CT molecular complexity index is 984. The Labute approximate surface area is 158 Å². The Morgan fingerprint density at radius 2 is 1.70 bits per heavy atom. The second-order valence-electron chi connectivity index (χ2n) is 6.27. The van der Waals surface area contributed by atoms with Crippen LogP contribution in [0.3, 0.4) is 0 Å². The molecule has 1 N–H and O–H groups in total. The lowest BCUT2D eigenvalue weighted by Gasteiger charge is -2.24. The van der Waals surface area contributed by atoms with E-state index in [2.05, 4.69) is 55.5 Å². The van der Waals surface area contributed by atoms with Crippen molar-refractivity contribution in [3.8, 4) is 0 Å². The topological polar surface area (TPSA) is 53.9 Å². The minimum Gasteiger partial charge on any atom is -0.383 e. The van der Waals surface area contributed by atoms with Crippen LogP contribution in [0.4, 0.5) is 11.5 Å². The van der Waals surface area contributed by atoms with Gasteiger partial charge in [-0.1, -0.05) is 36.4 Å². The quantitative estimate of drug-likeness (QED) is 0.540. The summed E-state index contributed by atoms with van der Waals surface area (Å²) in [5.41, 5.74) is 3.26. The average molecular weight is 355 g/mol. The van der Waals surface area contributed by atoms with Crippen LogP contribution in [0.5, 0.6) is 0 Å². The summed E-state index contributed by atoms with van der Waals surface area (Å²) in [5.74, 6) is 0.976. The Balaban J connectivity index is 1.48. The predicted octanol–water partition coefficient (Wildman–Crippen LogP) is 4.14. The summed E-state index contributed by atoms with van der Waals surface area (Å²) in [7, 11) is 0. The third kappa shape index (κ3) is 4.20. The van der Waals surface area contributed by atoms with Gasteiger partial charge in [0.15, 0.2) is 0 Å². The summed E-state index contributed by atoms with van der Waals surface area (Å²) < 4.78 is 0. The number of benzene rings is 1. The molecule has 0 radical (unpaired) electrons. The van der Waals surface area contributed by atoms with Crippen molar-refractivity contribution in [2.75, 3.05) is 23.3 Å². The van der Waals surface area contributed by atoms with Crippen molar-refractivity contribution in [3.63, 3.8) is 0 Å². The molecule has 0 aliphatic carbocycles. The molecule has 134 valence electrons. The fourth-order valence-corrected chi connectivity index (χ4v) is 3.09. The van der Waals surface area contributed by atoms with Gasteiger partial charge in [0.1, 0.15) is 5.82 Å². The molecule has 3 heterocycles. The van der Waals surface area contributed by atoms with Gasteiger partial charge in [0, 0.05) is 55.5 Å². The molecule has 0 aliphatic rings. The van der Waals surface area contributed by atoms with Gasteiger partial charge >= 0.3 is 0 Å². The third-order valence-electron chi connectivity index (χ3n) is 4.43. The Morgan fingerprint density at radius 1 is 0.815 bits per heavy atom. The highest BCUT2D eigenvalue weighted by molar-refractivity contribution is 5.90. The molecule has 0 aliphatic heterocycles. The molecule has 5 nitrogen and oxygen atoms in total. The van der Waals surface area contributed by atoms with E-state index >= 15 is 0 Å². The van der Waals surface area contributed by atoms with E-state index in [4.69, 9.17) is 0 Å². The minimum atomic E-state index is 0.789. The highest BCUT2D eigenvalue weighted by Crippen LogP contribution is 2.20. The number of hydrogen-bond acceptors (Lipinski definition) is 5. The molecule has 0 unspecified atom stereocenters. The van der Waals surface area contributed by atoms with Crippen LogP contribution < -0.4 is 10.2 Å². The summed E-state index contributed by atoms with van der Waals surface area (Å²) >= 11 is 0. The molecule has 1 aromatic carbocycles. The first-order valence-corrected chi connectivity index (χ1v) is 9.03. The zero-order chi connectivity index (χ0) is 18.3. The molecule has 0 saturated carbocycles. The fourth-order valence-electron chi connectivity index (χ4n) is 3.09. The molecule has 0 fully saturated rings. The van der Waals surface area contributed by atoms with Crippen LogP contribution >= 0.6 is 0 Å². The van der Waals surface area contributed by atoms with E-state index in [0.29, 0.717) is 0 Å². The van der Waals surface area contributed by atoms with Crippen molar-refractivity contribution in [3.05, 3.63) is 91.0 Å². The van der Waals surface area contributed by atoms with Crippen LogP contribution in [0.1, 0.15) is 5.56 Å². The lowest BCUT2D eigenvalue weighted by molar-refractivity contribution is 0.790. The predicted molar refractivity (Wildman–Crippen MR) is 110 cm³/mol. The molecule has 27 heavy (non-hydrogen) atoms. The lowest BCUT2D eigenvalue weighted by atomic mass is 10.2. The van der Waals surface area contributed by atoms with Crippen molar-refractivity contribution in [1.29, 1.82) is 0 Å². The molecular formula is C22H21N5. The maximum Gasteiger partial charge on any atom is 0.128 e. The molecule has 0 atom stereocenters. The summed E-state index contributed by atoms with van der Waals surface area (Å²) in [6.07, 6.45) is 7.28. The highest BCUT2D eigenvalue weighted by atomic mass is 15.2. The molecule has 5 heteroatoms. The largest absolute Gasteiger partial charge is 0.383 e. The van der Waals surface area contributed by atoms with Gasteiger partial charge in [-0.2, -0.15) is 0 Å². The van der Waals surface area contributed by atoms with E-state index in [-0.39, 0.29) is 0 Å². The Kier molecular flexibility index (Phi) is 5.20. The van der Waals surface area contributed by atoms with Crippen LogP contribution in [-0.4, -0.2) is 28.0 Å². The second kappa shape index (κ2) is 8.27. The van der Waals surface area contributed by atoms with Crippen molar-refractivity contribution < 1.29 is 0 Å². The summed E-state index contributed by atoms with van der Waals surface area (Å²) in [4.78, 5) is 15.4. The number of nitrogens with zero attached hydrogens (tertiary/aromatic N) is 4. The Hall–Kier alpha value is -3.47. The number of pyridine rings is 3. The maximum atomic E-state index is 4.53. The normalized spacial score (nSPS) is 10.7. The zero-order valence-electron chi connectivity index (χ0n) is 15.0. The first kappa shape index (κ1) is 17.0. The zero-order valence-corrected chi connectivity index (χ0v) is 15.0. The third-order valence-corrected chi connectivity index (χ3v) is 4.43. The standard InChI is InChI=1S/C22H21N5/c1-2-6-18(7-3-1)17-27(22-8-4-5-11-26-22)15-14-25-21-10-13-24-20-9-12-23-16-19(20)21/h1-13,16H,14-15,17H2,(H,24,25). The van der Waals surface area contributed by atoms with Crippen molar-refractivity contribution in [2.24, 2.45) is 0 Å². The number of fused-ring (bicyclic) bond motifs is 1. The van der Waals surface area contributed by atoms with Crippen molar-refractivity contribution in [2.45, 2.75) is 6.54 Å². The number of aromatic nitrogens is 3. The number of nitrogens with one attached hydrogen (secondary N) is 1. The van der Waals surface area contributed by atoms with Gasteiger partial charge in [-0.05, 0) is 29.8 Å². The van der Waals surface area contributed by atoms with Gasteiger partial charge in [-0.15, -0.1) is 0 Å². The monoisotopic (exact) mass is 355 g/mol. The molecule has 0 spiro atoms. The van der Waals surface area contributed by atoms with Crippen molar-refractivity contribution in [1.82, 2.24) is 15.0 Å². The molecule has 0 bridgehead atoms. The van der Waals surface area contributed by atoms with Gasteiger partial charge in [-0.3, -0.25) is 9.97 Å². The Morgan fingerprint density at radius 3 is 2.56 bits per heavy atom. The molecular weight excluding hydrogens is 334 g/mol. The van der Waals surface area contributed by atoms with E-state index in [1.165, 1.54) is 5.56 Å². The summed E-state index contributed by atoms with van der Waals surface area (Å²) in [6.45, 7) is 2.44. The molecule has 4 rings (SSSR count). The lowest BCUT2D eigenvalue weighted by Crippen LogP contribution is -2.29. The highest BCUT2D eigenvalue weighted by Gasteiger charge is 2.09. The van der Waals surface area contributed by atoms with Crippen LogP contribution in [-0.2, 0) is 6.54 Å². The molecule has 3 aromatic heterocycles. The van der Waals surface area contributed by atoms with Crippen LogP contribution in [0, 0.1) is 0 Å². The van der Waals surface area contributed by atoms with E-state index < -0.39 is 0 Å². The first-order chi connectivity index (χ1) is 13.4.